The number of carbonyl (C=O) groups is 2. The molecular formula is C20H15N5O2. The van der Waals surface area contributed by atoms with Gasteiger partial charge in [-0.15, -0.1) is 0 Å². The number of nitrogens with zero attached hydrogens (tertiary/aromatic N) is 3. The van der Waals surface area contributed by atoms with Crippen LogP contribution >= 0.6 is 0 Å². The van der Waals surface area contributed by atoms with Crippen LogP contribution in [0.5, 0.6) is 0 Å². The second-order valence-corrected chi connectivity index (χ2v) is 5.61. The Kier molecular flexibility index (Phi) is 5.50. The molecule has 0 aliphatic heterocycles. The van der Waals surface area contributed by atoms with E-state index in [1.807, 2.05) is 12.1 Å². The Balaban J connectivity index is 1.65. The minimum Gasteiger partial charge on any atom is -0.346 e. The SMILES string of the molecule is N#Cc1ccc(NC(=O)c2cncc(C(=O)NCc3ccccn3)c2)cc1. The minimum absolute atomic E-state index is 0.254. The molecule has 0 aliphatic rings. The van der Waals surface area contributed by atoms with Crippen molar-refractivity contribution in [3.05, 3.63) is 89.5 Å². The molecule has 132 valence electrons. The summed E-state index contributed by atoms with van der Waals surface area (Å²) in [7, 11) is 0. The summed E-state index contributed by atoms with van der Waals surface area (Å²) in [6, 6.07) is 15.4. The first kappa shape index (κ1) is 17.8. The first-order chi connectivity index (χ1) is 13.2. The number of hydrogen-bond donors (Lipinski definition) is 2. The van der Waals surface area contributed by atoms with Gasteiger partial charge >= 0.3 is 0 Å². The Hall–Kier alpha value is -4.05. The Morgan fingerprint density at radius 2 is 1.74 bits per heavy atom. The van der Waals surface area contributed by atoms with E-state index < -0.39 is 5.91 Å². The number of pyridine rings is 2. The topological polar surface area (TPSA) is 108 Å². The molecule has 0 saturated carbocycles. The van der Waals surface area contributed by atoms with Crippen LogP contribution in [0, 0.1) is 11.3 Å². The molecule has 0 saturated heterocycles. The van der Waals surface area contributed by atoms with Gasteiger partial charge in [-0.25, -0.2) is 0 Å². The van der Waals surface area contributed by atoms with E-state index >= 15 is 0 Å². The van der Waals surface area contributed by atoms with E-state index in [4.69, 9.17) is 5.26 Å². The number of anilines is 1. The van der Waals surface area contributed by atoms with Crippen LogP contribution in [0.25, 0.3) is 0 Å². The quantitative estimate of drug-likeness (QED) is 0.729. The highest BCUT2D eigenvalue weighted by atomic mass is 16.2. The second-order valence-electron chi connectivity index (χ2n) is 5.61. The highest BCUT2D eigenvalue weighted by molar-refractivity contribution is 6.05. The first-order valence-corrected chi connectivity index (χ1v) is 8.10. The fourth-order valence-corrected chi connectivity index (χ4v) is 2.30. The third-order valence-electron chi connectivity index (χ3n) is 3.69. The maximum absolute atomic E-state index is 12.4. The van der Waals surface area contributed by atoms with Gasteiger partial charge in [-0.2, -0.15) is 5.26 Å². The van der Waals surface area contributed by atoms with E-state index in [2.05, 4.69) is 20.6 Å². The number of carbonyl (C=O) groups excluding carboxylic acids is 2. The third-order valence-corrected chi connectivity index (χ3v) is 3.69. The zero-order valence-electron chi connectivity index (χ0n) is 14.2. The lowest BCUT2D eigenvalue weighted by Crippen LogP contribution is -2.24. The van der Waals surface area contributed by atoms with Crippen molar-refractivity contribution >= 4 is 17.5 Å². The first-order valence-electron chi connectivity index (χ1n) is 8.10. The lowest BCUT2D eigenvalue weighted by atomic mass is 10.1. The van der Waals surface area contributed by atoms with Gasteiger partial charge in [0.1, 0.15) is 0 Å². The highest BCUT2D eigenvalue weighted by Gasteiger charge is 2.12. The molecule has 0 atom stereocenters. The van der Waals surface area contributed by atoms with Gasteiger partial charge in [-0.05, 0) is 42.5 Å². The number of benzene rings is 1. The summed E-state index contributed by atoms with van der Waals surface area (Å²) in [5.41, 5.74) is 2.31. The van der Waals surface area contributed by atoms with Crippen molar-refractivity contribution < 1.29 is 9.59 Å². The Morgan fingerprint density at radius 1 is 1.00 bits per heavy atom. The molecular weight excluding hydrogens is 342 g/mol. The highest BCUT2D eigenvalue weighted by Crippen LogP contribution is 2.11. The fraction of sp³-hybridized carbons (Fsp3) is 0.0500. The molecule has 0 bridgehead atoms. The molecule has 7 heteroatoms. The molecule has 3 aromatic rings. The van der Waals surface area contributed by atoms with Crippen LogP contribution in [0.15, 0.2) is 67.1 Å². The number of aromatic nitrogens is 2. The molecule has 2 heterocycles. The van der Waals surface area contributed by atoms with Crippen molar-refractivity contribution in [1.29, 1.82) is 5.26 Å². The summed E-state index contributed by atoms with van der Waals surface area (Å²) in [5, 5.41) is 14.2. The predicted molar refractivity (Wildman–Crippen MR) is 98.8 cm³/mol. The number of nitriles is 1. The van der Waals surface area contributed by atoms with Crippen LogP contribution in [-0.4, -0.2) is 21.8 Å². The van der Waals surface area contributed by atoms with Crippen LogP contribution in [0.1, 0.15) is 32.0 Å². The van der Waals surface area contributed by atoms with Crippen LogP contribution in [0.4, 0.5) is 5.69 Å². The molecule has 0 radical (unpaired) electrons. The number of rotatable bonds is 5. The fourth-order valence-electron chi connectivity index (χ4n) is 2.30. The molecule has 2 aromatic heterocycles. The van der Waals surface area contributed by atoms with Crippen molar-refractivity contribution in [1.82, 2.24) is 15.3 Å². The van der Waals surface area contributed by atoms with Gasteiger partial charge in [0.25, 0.3) is 11.8 Å². The molecule has 2 amide bonds. The van der Waals surface area contributed by atoms with Crippen molar-refractivity contribution in [3.63, 3.8) is 0 Å². The van der Waals surface area contributed by atoms with Gasteiger partial charge < -0.3 is 10.6 Å². The van der Waals surface area contributed by atoms with E-state index in [1.165, 1.54) is 18.5 Å². The van der Waals surface area contributed by atoms with E-state index in [-0.39, 0.29) is 23.6 Å². The summed E-state index contributed by atoms with van der Waals surface area (Å²) in [5.74, 6) is -0.743. The zero-order valence-corrected chi connectivity index (χ0v) is 14.2. The molecule has 3 rings (SSSR count). The summed E-state index contributed by atoms with van der Waals surface area (Å²) in [4.78, 5) is 32.8. The monoisotopic (exact) mass is 357 g/mol. The molecule has 7 nitrogen and oxygen atoms in total. The van der Waals surface area contributed by atoms with Crippen LogP contribution in [0.3, 0.4) is 0 Å². The average molecular weight is 357 g/mol. The van der Waals surface area contributed by atoms with Crippen molar-refractivity contribution in [2.45, 2.75) is 6.54 Å². The molecule has 0 spiro atoms. The van der Waals surface area contributed by atoms with E-state index in [9.17, 15) is 9.59 Å². The lowest BCUT2D eigenvalue weighted by Gasteiger charge is -2.07. The van der Waals surface area contributed by atoms with Crippen molar-refractivity contribution in [2.24, 2.45) is 0 Å². The van der Waals surface area contributed by atoms with Gasteiger partial charge in [0.05, 0.1) is 35.0 Å². The van der Waals surface area contributed by atoms with Crippen molar-refractivity contribution in [3.8, 4) is 6.07 Å². The third kappa shape index (κ3) is 4.74. The van der Waals surface area contributed by atoms with Crippen LogP contribution in [0.2, 0.25) is 0 Å². The predicted octanol–water partition coefficient (Wildman–Crippen LogP) is 2.53. The number of amides is 2. The summed E-state index contributed by atoms with van der Waals surface area (Å²) in [6.07, 6.45) is 4.43. The van der Waals surface area contributed by atoms with Gasteiger partial charge in [0.15, 0.2) is 0 Å². The van der Waals surface area contributed by atoms with Gasteiger partial charge in [0.2, 0.25) is 0 Å². The van der Waals surface area contributed by atoms with Crippen LogP contribution in [-0.2, 0) is 6.54 Å². The van der Waals surface area contributed by atoms with Gasteiger partial charge in [-0.1, -0.05) is 6.07 Å². The Bertz CT molecular complexity index is 995. The standard InChI is InChI=1S/C20H15N5O2/c21-10-14-4-6-17(7-5-14)25-20(27)16-9-15(11-22-12-16)19(26)24-13-18-3-1-2-8-23-18/h1-9,11-12H,13H2,(H,24,26)(H,25,27). The number of nitrogens with one attached hydrogen (secondary N) is 2. The summed E-state index contributed by atoms with van der Waals surface area (Å²) < 4.78 is 0. The minimum atomic E-state index is -0.397. The van der Waals surface area contributed by atoms with Crippen molar-refractivity contribution in [2.75, 3.05) is 5.32 Å². The molecule has 0 fully saturated rings. The smallest absolute Gasteiger partial charge is 0.257 e. The molecule has 0 aliphatic carbocycles. The molecule has 2 N–H and O–H groups in total. The molecule has 1 aromatic carbocycles. The summed E-state index contributed by atoms with van der Waals surface area (Å²) in [6.45, 7) is 0.279. The zero-order chi connectivity index (χ0) is 19.1. The average Bonchev–Trinajstić information content (AvgIpc) is 2.73. The largest absolute Gasteiger partial charge is 0.346 e. The molecule has 0 unspecified atom stereocenters. The maximum atomic E-state index is 12.4. The Morgan fingerprint density at radius 3 is 2.41 bits per heavy atom. The second kappa shape index (κ2) is 8.36. The van der Waals surface area contributed by atoms with E-state index in [1.54, 1.807) is 42.6 Å². The summed E-state index contributed by atoms with van der Waals surface area (Å²) >= 11 is 0. The van der Waals surface area contributed by atoms with Gasteiger partial charge in [0, 0.05) is 24.3 Å². The maximum Gasteiger partial charge on any atom is 0.257 e. The Labute approximate surface area is 155 Å². The number of hydrogen-bond acceptors (Lipinski definition) is 5. The van der Waals surface area contributed by atoms with E-state index in [0.29, 0.717) is 11.3 Å². The van der Waals surface area contributed by atoms with E-state index in [0.717, 1.165) is 5.69 Å². The lowest BCUT2D eigenvalue weighted by molar-refractivity contribution is 0.0950. The van der Waals surface area contributed by atoms with Gasteiger partial charge in [-0.3, -0.25) is 19.6 Å². The normalized spacial score (nSPS) is 9.89. The van der Waals surface area contributed by atoms with Crippen LogP contribution < -0.4 is 10.6 Å². The molecule has 27 heavy (non-hydrogen) atoms.